The number of fused-ring (bicyclic) bond motifs is 1. The summed E-state index contributed by atoms with van der Waals surface area (Å²) in [5.41, 5.74) is 2.81. The van der Waals surface area contributed by atoms with E-state index in [-0.39, 0.29) is 5.91 Å². The fourth-order valence-electron chi connectivity index (χ4n) is 1.98. The van der Waals surface area contributed by atoms with E-state index in [4.69, 9.17) is 11.6 Å². The molecule has 2 aromatic heterocycles. The number of carbonyl (C=O) groups excluding carboxylic acids is 1. The second-order valence-electron chi connectivity index (χ2n) is 4.45. The van der Waals surface area contributed by atoms with E-state index >= 15 is 0 Å². The molecule has 1 amide bonds. The number of nitrogens with zero attached hydrogens (tertiary/aromatic N) is 2. The average Bonchev–Trinajstić information content (AvgIpc) is 2.85. The first-order valence-corrected chi connectivity index (χ1v) is 6.38. The molecule has 0 aliphatic heterocycles. The topological polar surface area (TPSA) is 70.7 Å². The summed E-state index contributed by atoms with van der Waals surface area (Å²) in [6.07, 6.45) is 1.71. The normalized spacial score (nSPS) is 10.7. The number of amides is 1. The molecule has 100 valence electrons. The molecule has 0 aliphatic rings. The first kappa shape index (κ1) is 12.6. The molecule has 0 unspecified atom stereocenters. The Morgan fingerprint density at radius 3 is 2.95 bits per heavy atom. The lowest BCUT2D eigenvalue weighted by Crippen LogP contribution is -2.12. The molecule has 0 atom stereocenters. The highest BCUT2D eigenvalue weighted by Crippen LogP contribution is 2.18. The molecule has 0 fully saturated rings. The van der Waals surface area contributed by atoms with Gasteiger partial charge in [-0.2, -0.15) is 5.10 Å². The number of H-pyrrole nitrogens is 1. The minimum absolute atomic E-state index is 0.222. The van der Waals surface area contributed by atoms with Gasteiger partial charge in [-0.05, 0) is 37.3 Å². The molecule has 0 bridgehead atoms. The Balaban J connectivity index is 1.87. The standard InChI is InChI=1S/C14H11ClN4O/c1-8-4-9(6-13(15)17-8)14(20)18-11-2-3-12-10(5-11)7-16-19-12/h2-7H,1H3,(H,16,19)(H,18,20). The van der Waals surface area contributed by atoms with Gasteiger partial charge in [0.2, 0.25) is 0 Å². The third-order valence-corrected chi connectivity index (χ3v) is 3.08. The maximum absolute atomic E-state index is 12.2. The van der Waals surface area contributed by atoms with E-state index in [1.807, 2.05) is 18.2 Å². The highest BCUT2D eigenvalue weighted by molar-refractivity contribution is 6.29. The van der Waals surface area contributed by atoms with Gasteiger partial charge in [0.05, 0.1) is 11.7 Å². The van der Waals surface area contributed by atoms with Crippen molar-refractivity contribution in [2.24, 2.45) is 0 Å². The van der Waals surface area contributed by atoms with Crippen LogP contribution in [0.15, 0.2) is 36.5 Å². The summed E-state index contributed by atoms with van der Waals surface area (Å²) in [6, 6.07) is 8.76. The molecule has 0 aliphatic carbocycles. The summed E-state index contributed by atoms with van der Waals surface area (Å²) in [5, 5.41) is 10.9. The van der Waals surface area contributed by atoms with Crippen LogP contribution in [-0.2, 0) is 0 Å². The molecule has 1 aromatic carbocycles. The summed E-state index contributed by atoms with van der Waals surface area (Å²) >= 11 is 5.86. The maximum atomic E-state index is 12.2. The number of rotatable bonds is 2. The van der Waals surface area contributed by atoms with Gasteiger partial charge in [-0.25, -0.2) is 4.98 Å². The number of pyridine rings is 1. The lowest BCUT2D eigenvalue weighted by Gasteiger charge is -2.06. The van der Waals surface area contributed by atoms with Crippen LogP contribution in [-0.4, -0.2) is 21.1 Å². The van der Waals surface area contributed by atoms with Crippen LogP contribution >= 0.6 is 11.6 Å². The number of benzene rings is 1. The van der Waals surface area contributed by atoms with Gasteiger partial charge in [0.15, 0.2) is 0 Å². The van der Waals surface area contributed by atoms with Crippen LogP contribution in [0.5, 0.6) is 0 Å². The Labute approximate surface area is 120 Å². The molecule has 20 heavy (non-hydrogen) atoms. The van der Waals surface area contributed by atoms with Crippen molar-refractivity contribution >= 4 is 34.1 Å². The van der Waals surface area contributed by atoms with Crippen LogP contribution in [0.1, 0.15) is 16.1 Å². The van der Waals surface area contributed by atoms with Crippen molar-refractivity contribution < 1.29 is 4.79 Å². The minimum Gasteiger partial charge on any atom is -0.322 e. The van der Waals surface area contributed by atoms with E-state index in [1.54, 1.807) is 25.3 Å². The van der Waals surface area contributed by atoms with Gasteiger partial charge < -0.3 is 5.32 Å². The lowest BCUT2D eigenvalue weighted by atomic mass is 10.2. The first-order chi connectivity index (χ1) is 9.61. The Bertz CT molecular complexity index is 776. The van der Waals surface area contributed by atoms with Gasteiger partial charge in [-0.3, -0.25) is 9.89 Å². The van der Waals surface area contributed by atoms with E-state index < -0.39 is 0 Å². The number of aryl methyl sites for hydroxylation is 1. The summed E-state index contributed by atoms with van der Waals surface area (Å²) in [5.74, 6) is -0.222. The number of hydrogen-bond acceptors (Lipinski definition) is 3. The molecule has 3 rings (SSSR count). The number of carbonyl (C=O) groups is 1. The van der Waals surface area contributed by atoms with Crippen LogP contribution in [0, 0.1) is 6.92 Å². The summed E-state index contributed by atoms with van der Waals surface area (Å²) in [6.45, 7) is 1.79. The predicted molar refractivity (Wildman–Crippen MR) is 78.0 cm³/mol. The zero-order valence-corrected chi connectivity index (χ0v) is 11.4. The Morgan fingerprint density at radius 2 is 2.15 bits per heavy atom. The van der Waals surface area contributed by atoms with E-state index in [2.05, 4.69) is 20.5 Å². The van der Waals surface area contributed by atoms with Gasteiger partial charge in [0.25, 0.3) is 5.91 Å². The van der Waals surface area contributed by atoms with Crippen molar-refractivity contribution in [1.29, 1.82) is 0 Å². The monoisotopic (exact) mass is 286 g/mol. The zero-order valence-electron chi connectivity index (χ0n) is 10.6. The number of halogens is 1. The number of aromatic amines is 1. The van der Waals surface area contributed by atoms with Gasteiger partial charge in [0, 0.05) is 22.3 Å². The summed E-state index contributed by atoms with van der Waals surface area (Å²) in [7, 11) is 0. The molecular formula is C14H11ClN4O. The molecule has 0 saturated heterocycles. The third kappa shape index (κ3) is 2.48. The largest absolute Gasteiger partial charge is 0.322 e. The average molecular weight is 287 g/mol. The Kier molecular flexibility index (Phi) is 3.12. The van der Waals surface area contributed by atoms with E-state index in [9.17, 15) is 4.79 Å². The second-order valence-corrected chi connectivity index (χ2v) is 4.83. The Morgan fingerprint density at radius 1 is 1.30 bits per heavy atom. The van der Waals surface area contributed by atoms with Crippen molar-refractivity contribution in [3.05, 3.63) is 52.9 Å². The fourth-order valence-corrected chi connectivity index (χ4v) is 2.23. The van der Waals surface area contributed by atoms with Gasteiger partial charge >= 0.3 is 0 Å². The van der Waals surface area contributed by atoms with Crippen LogP contribution in [0.4, 0.5) is 5.69 Å². The van der Waals surface area contributed by atoms with Crippen LogP contribution in [0.25, 0.3) is 10.9 Å². The minimum atomic E-state index is -0.222. The second kappa shape index (κ2) is 4.94. The third-order valence-electron chi connectivity index (χ3n) is 2.88. The molecule has 2 heterocycles. The SMILES string of the molecule is Cc1cc(C(=O)Nc2ccc3[nH]ncc3c2)cc(Cl)n1. The highest BCUT2D eigenvalue weighted by Gasteiger charge is 2.09. The van der Waals surface area contributed by atoms with Crippen molar-refractivity contribution in [2.75, 3.05) is 5.32 Å². The highest BCUT2D eigenvalue weighted by atomic mass is 35.5. The molecule has 2 N–H and O–H groups in total. The van der Waals surface area contributed by atoms with Crippen LogP contribution in [0.2, 0.25) is 5.15 Å². The molecule has 6 heteroatoms. The number of hydrogen-bond donors (Lipinski definition) is 2. The number of nitrogens with one attached hydrogen (secondary N) is 2. The van der Waals surface area contributed by atoms with Crippen molar-refractivity contribution in [2.45, 2.75) is 6.92 Å². The van der Waals surface area contributed by atoms with E-state index in [0.29, 0.717) is 22.1 Å². The molecule has 0 radical (unpaired) electrons. The maximum Gasteiger partial charge on any atom is 0.255 e. The van der Waals surface area contributed by atoms with E-state index in [0.717, 1.165) is 10.9 Å². The molecular weight excluding hydrogens is 276 g/mol. The fraction of sp³-hybridized carbons (Fsp3) is 0.0714. The van der Waals surface area contributed by atoms with Crippen LogP contribution < -0.4 is 5.32 Å². The summed E-state index contributed by atoms with van der Waals surface area (Å²) in [4.78, 5) is 16.2. The first-order valence-electron chi connectivity index (χ1n) is 6.00. The quantitative estimate of drug-likeness (QED) is 0.711. The van der Waals surface area contributed by atoms with Crippen molar-refractivity contribution in [1.82, 2.24) is 15.2 Å². The lowest BCUT2D eigenvalue weighted by molar-refractivity contribution is 0.102. The molecule has 0 saturated carbocycles. The van der Waals surface area contributed by atoms with Gasteiger partial charge in [0.1, 0.15) is 5.15 Å². The Hall–Kier alpha value is -2.40. The summed E-state index contributed by atoms with van der Waals surface area (Å²) < 4.78 is 0. The predicted octanol–water partition coefficient (Wildman–Crippen LogP) is 3.17. The molecule has 5 nitrogen and oxygen atoms in total. The van der Waals surface area contributed by atoms with Crippen LogP contribution in [0.3, 0.4) is 0 Å². The van der Waals surface area contributed by atoms with Crippen molar-refractivity contribution in [3.8, 4) is 0 Å². The van der Waals surface area contributed by atoms with Crippen molar-refractivity contribution in [3.63, 3.8) is 0 Å². The van der Waals surface area contributed by atoms with E-state index in [1.165, 1.54) is 0 Å². The smallest absolute Gasteiger partial charge is 0.255 e. The zero-order chi connectivity index (χ0) is 14.1. The molecule has 3 aromatic rings. The molecule has 0 spiro atoms. The van der Waals surface area contributed by atoms with Gasteiger partial charge in [-0.1, -0.05) is 11.6 Å². The number of aromatic nitrogens is 3. The van der Waals surface area contributed by atoms with Gasteiger partial charge in [-0.15, -0.1) is 0 Å². The number of anilines is 1.